The average Bonchev–Trinajstić information content (AvgIpc) is 3.42. The molecule has 4 aromatic rings. The van der Waals surface area contributed by atoms with E-state index in [9.17, 15) is 8.42 Å². The van der Waals surface area contributed by atoms with Gasteiger partial charge in [0.2, 0.25) is 17.8 Å². The molecule has 2 aromatic heterocycles. The van der Waals surface area contributed by atoms with E-state index in [1.165, 1.54) is 12.8 Å². The van der Waals surface area contributed by atoms with Gasteiger partial charge in [-0.2, -0.15) is 20.1 Å². The molecule has 42 heavy (non-hydrogen) atoms. The van der Waals surface area contributed by atoms with E-state index in [-0.39, 0.29) is 35.2 Å². The molecule has 15 nitrogen and oxygen atoms in total. The van der Waals surface area contributed by atoms with Gasteiger partial charge in [0.1, 0.15) is 0 Å². The lowest BCUT2D eigenvalue weighted by atomic mass is 10.1. The van der Waals surface area contributed by atoms with Crippen LogP contribution in [0.3, 0.4) is 0 Å². The molecule has 15 N–H and O–H groups in total. The molecule has 0 bridgehead atoms. The van der Waals surface area contributed by atoms with E-state index in [0.29, 0.717) is 29.2 Å². The smallest absolute Gasteiger partial charge is 0.261 e. The fourth-order valence-electron chi connectivity index (χ4n) is 4.94. The molecule has 0 atom stereocenters. The van der Waals surface area contributed by atoms with Crippen LogP contribution in [0.1, 0.15) is 44.2 Å². The maximum absolute atomic E-state index is 13.0. The minimum Gasteiger partial charge on any atom is -0.344 e. The number of benzene rings is 2. The number of hydrogen-bond acceptors (Lipinski definition) is 13. The number of nitrogens with zero attached hydrogens (tertiary/aromatic N) is 6. The van der Waals surface area contributed by atoms with Crippen LogP contribution in [-0.2, 0) is 10.0 Å². The summed E-state index contributed by atoms with van der Waals surface area (Å²) in [6.45, 7) is 3.76. The quantitative estimate of drug-likeness (QED) is 0.128. The van der Waals surface area contributed by atoms with Crippen LogP contribution >= 0.6 is 0 Å². The van der Waals surface area contributed by atoms with Crippen LogP contribution in [0.2, 0.25) is 0 Å². The van der Waals surface area contributed by atoms with E-state index in [0.717, 1.165) is 62.8 Å². The molecular formula is C26H51N13O2S. The highest BCUT2D eigenvalue weighted by Gasteiger charge is 2.21. The maximum Gasteiger partial charge on any atom is 0.261 e. The molecule has 0 aliphatic carbocycles. The summed E-state index contributed by atoms with van der Waals surface area (Å²) in [5.74, 6) is 1.85. The van der Waals surface area contributed by atoms with Gasteiger partial charge >= 0.3 is 0 Å². The second kappa shape index (κ2) is 14.7. The number of nitrogens with one attached hydrogen (secondary N) is 3. The van der Waals surface area contributed by atoms with Crippen molar-refractivity contribution in [2.45, 2.75) is 43.4 Å². The summed E-state index contributed by atoms with van der Waals surface area (Å²) in [4.78, 5) is 18.9. The van der Waals surface area contributed by atoms with Crippen LogP contribution in [0.25, 0.3) is 10.9 Å². The molecule has 0 amide bonds. The van der Waals surface area contributed by atoms with Crippen molar-refractivity contribution in [2.75, 3.05) is 46.0 Å². The second-order valence-corrected chi connectivity index (χ2v) is 11.5. The van der Waals surface area contributed by atoms with Crippen molar-refractivity contribution in [3.63, 3.8) is 0 Å². The highest BCUT2D eigenvalue weighted by Crippen LogP contribution is 2.25. The van der Waals surface area contributed by atoms with Crippen molar-refractivity contribution in [1.29, 1.82) is 0 Å². The van der Waals surface area contributed by atoms with Gasteiger partial charge in [0.15, 0.2) is 0 Å². The first-order valence-electron chi connectivity index (χ1n) is 13.1. The number of hydrogen-bond donors (Lipinski definition) is 7. The van der Waals surface area contributed by atoms with Gasteiger partial charge in [-0.1, -0.05) is 0 Å². The zero-order valence-electron chi connectivity index (χ0n) is 23.9. The molecule has 2 fully saturated rings. The van der Waals surface area contributed by atoms with Gasteiger partial charge in [-0.25, -0.2) is 8.42 Å². The average molecular weight is 610 g/mol. The summed E-state index contributed by atoms with van der Waals surface area (Å²) in [5, 5.41) is 11.0. The van der Waals surface area contributed by atoms with E-state index < -0.39 is 10.0 Å². The zero-order valence-corrected chi connectivity index (χ0v) is 24.7. The van der Waals surface area contributed by atoms with E-state index >= 15 is 0 Å². The molecule has 16 heteroatoms. The molecule has 2 aromatic carbocycles. The highest BCUT2D eigenvalue weighted by molar-refractivity contribution is 7.92. The van der Waals surface area contributed by atoms with Crippen LogP contribution in [-0.4, -0.2) is 59.7 Å². The Morgan fingerprint density at radius 2 is 1.26 bits per heavy atom. The summed E-state index contributed by atoms with van der Waals surface area (Å²) >= 11 is 0. The van der Waals surface area contributed by atoms with Gasteiger partial charge in [0.05, 0.1) is 22.3 Å². The summed E-state index contributed by atoms with van der Waals surface area (Å²) in [6, 6.07) is 11.8. The lowest BCUT2D eigenvalue weighted by Gasteiger charge is -2.30. The molecule has 2 saturated heterocycles. The summed E-state index contributed by atoms with van der Waals surface area (Å²) in [5.41, 5.74) is 1.92. The Morgan fingerprint density at radius 1 is 0.714 bits per heavy atom. The number of fused-ring (bicyclic) bond motifs is 1. The first-order chi connectivity index (χ1) is 18.5. The number of aromatic nitrogens is 5. The number of H-pyrrole nitrogens is 1. The van der Waals surface area contributed by atoms with Crippen molar-refractivity contribution in [3.8, 4) is 0 Å². The normalized spacial score (nSPS) is 15.0. The van der Waals surface area contributed by atoms with Gasteiger partial charge in [0.25, 0.3) is 10.0 Å². The lowest BCUT2D eigenvalue weighted by molar-refractivity contribution is 0.556. The summed E-state index contributed by atoms with van der Waals surface area (Å²) in [6.07, 6.45) is 8.68. The molecule has 2 aliphatic rings. The van der Waals surface area contributed by atoms with Crippen molar-refractivity contribution in [1.82, 2.24) is 49.8 Å². The fraction of sp³-hybridized carbons (Fsp3) is 0.385. The van der Waals surface area contributed by atoms with Crippen molar-refractivity contribution >= 4 is 50.1 Å². The fourth-order valence-corrected chi connectivity index (χ4v) is 5.99. The largest absolute Gasteiger partial charge is 0.344 e. The minimum atomic E-state index is -3.76. The standard InChI is InChI=1S/C26H31N9O2S.4H3N.4H2/c36-38(37,33-21-8-7-19-18-27-32-23(19)17-21)22-11-9-20(10-12-22)28-24-29-25(34-13-3-1-4-14-34)31-26(30-24)35-15-5-2-6-16-35;;;;;;;;/h7-12,17-18,33H,1-6,13-16H2,(H,27,32)(H,28,29,30,31);4*1H3;4*1H. The number of sulfonamides is 1. The van der Waals surface area contributed by atoms with E-state index in [1.807, 2.05) is 6.07 Å². The van der Waals surface area contributed by atoms with Crippen LogP contribution in [0.5, 0.6) is 0 Å². The second-order valence-electron chi connectivity index (χ2n) is 9.78. The Labute approximate surface area is 252 Å². The summed E-state index contributed by atoms with van der Waals surface area (Å²) < 4.78 is 28.6. The molecule has 2 aliphatic heterocycles. The van der Waals surface area contributed by atoms with Gasteiger partial charge < -0.3 is 39.7 Å². The monoisotopic (exact) mass is 609 g/mol. The Bertz CT molecular complexity index is 1500. The van der Waals surface area contributed by atoms with Gasteiger partial charge in [0, 0.05) is 43.0 Å². The molecular weight excluding hydrogens is 558 g/mol. The molecule has 0 spiro atoms. The molecule has 0 saturated carbocycles. The Hall–Kier alpha value is -4.09. The van der Waals surface area contributed by atoms with Gasteiger partial charge in [-0.15, -0.1) is 0 Å². The topological polar surface area (TPSA) is 272 Å². The van der Waals surface area contributed by atoms with Crippen LogP contribution in [0.4, 0.5) is 29.2 Å². The number of aromatic amines is 1. The Balaban J connectivity index is -0.00000231. The van der Waals surface area contributed by atoms with E-state index in [2.05, 4.69) is 30.0 Å². The third-order valence-electron chi connectivity index (χ3n) is 7.00. The van der Waals surface area contributed by atoms with Gasteiger partial charge in [-0.3, -0.25) is 9.82 Å². The first kappa shape index (κ1) is 34.1. The lowest BCUT2D eigenvalue weighted by Crippen LogP contribution is -2.34. The number of rotatable bonds is 7. The first-order valence-corrected chi connectivity index (χ1v) is 14.6. The predicted molar refractivity (Wildman–Crippen MR) is 177 cm³/mol. The molecule has 0 unspecified atom stereocenters. The van der Waals surface area contributed by atoms with E-state index in [1.54, 1.807) is 42.6 Å². The third-order valence-corrected chi connectivity index (χ3v) is 8.40. The zero-order chi connectivity index (χ0) is 26.0. The molecule has 6 rings (SSSR count). The van der Waals surface area contributed by atoms with Crippen LogP contribution in [0.15, 0.2) is 53.6 Å². The third kappa shape index (κ3) is 7.59. The predicted octanol–water partition coefficient (Wildman–Crippen LogP) is 5.90. The van der Waals surface area contributed by atoms with Crippen LogP contribution < -0.4 is 44.4 Å². The molecule has 4 heterocycles. The highest BCUT2D eigenvalue weighted by atomic mass is 32.2. The molecule has 238 valence electrons. The maximum atomic E-state index is 13.0. The minimum absolute atomic E-state index is 0. The SMILES string of the molecule is N.N.N.N.O=S(=O)(Nc1ccc2cn[nH]c2c1)c1ccc(Nc2nc(N3CCCCC3)nc(N3CCCCC3)n2)cc1.[HH].[HH].[HH].[HH]. The summed E-state index contributed by atoms with van der Waals surface area (Å²) in [7, 11) is -3.76. The number of piperidine rings is 2. The van der Waals surface area contributed by atoms with Crippen LogP contribution in [0, 0.1) is 0 Å². The van der Waals surface area contributed by atoms with Gasteiger partial charge in [-0.05, 0) is 81.0 Å². The van der Waals surface area contributed by atoms with E-state index in [4.69, 9.17) is 15.0 Å². The van der Waals surface area contributed by atoms with Crippen molar-refractivity contribution < 1.29 is 14.1 Å². The Kier molecular flexibility index (Phi) is 11.9. The van der Waals surface area contributed by atoms with Crippen molar-refractivity contribution in [2.24, 2.45) is 0 Å². The Morgan fingerprint density at radius 3 is 1.83 bits per heavy atom. The van der Waals surface area contributed by atoms with Crippen molar-refractivity contribution in [3.05, 3.63) is 48.7 Å². The number of anilines is 5. The molecule has 0 radical (unpaired) electrons.